The second kappa shape index (κ2) is 8.26. The number of hydrogen-bond acceptors (Lipinski definition) is 7. The van der Waals surface area contributed by atoms with E-state index in [2.05, 4.69) is 30.3 Å². The van der Waals surface area contributed by atoms with Crippen LogP contribution in [0, 0.1) is 0 Å². The summed E-state index contributed by atoms with van der Waals surface area (Å²) in [6.07, 6.45) is -0.547. The van der Waals surface area contributed by atoms with Gasteiger partial charge in [-0.15, -0.1) is 10.2 Å². The average Bonchev–Trinajstić information content (AvgIpc) is 3.26. The summed E-state index contributed by atoms with van der Waals surface area (Å²) in [7, 11) is -3.84. The highest BCUT2D eigenvalue weighted by molar-refractivity contribution is 7.92. The Morgan fingerprint density at radius 1 is 0.875 bits per heavy atom. The summed E-state index contributed by atoms with van der Waals surface area (Å²) in [4.78, 5) is 10.7. The number of rotatable bonds is 6. The monoisotopic (exact) mass is 461 g/mol. The van der Waals surface area contributed by atoms with Crippen LogP contribution in [0.25, 0.3) is 11.3 Å². The van der Waals surface area contributed by atoms with E-state index in [9.17, 15) is 21.6 Å². The van der Waals surface area contributed by atoms with Gasteiger partial charge in [0.15, 0.2) is 0 Å². The fourth-order valence-electron chi connectivity index (χ4n) is 2.70. The van der Waals surface area contributed by atoms with Crippen molar-refractivity contribution < 1.29 is 21.6 Å². The van der Waals surface area contributed by atoms with E-state index in [-0.39, 0.29) is 10.8 Å². The number of nitrogens with one attached hydrogen (secondary N) is 2. The standard InChI is InChI=1S/C19H14F3N7O2S/c20-19(21,22)14-3-1-13(2-4-14)17-9-10-23-18(27-17)26-15-5-7-16(8-6-15)32(30,31)28-29-11-24-25-12-29/h1-12,28H,(H,23,26,27). The first-order chi connectivity index (χ1) is 15.2. The molecule has 0 aliphatic rings. The third-order valence-corrected chi connectivity index (χ3v) is 5.57. The molecule has 0 amide bonds. The summed E-state index contributed by atoms with van der Waals surface area (Å²) in [6.45, 7) is 0. The normalized spacial score (nSPS) is 11.8. The van der Waals surface area contributed by atoms with Gasteiger partial charge in [-0.3, -0.25) is 0 Å². The number of aromatic nitrogens is 5. The molecule has 32 heavy (non-hydrogen) atoms. The highest BCUT2D eigenvalue weighted by Crippen LogP contribution is 2.30. The van der Waals surface area contributed by atoms with Gasteiger partial charge in [-0.1, -0.05) is 12.1 Å². The quantitative estimate of drug-likeness (QED) is 0.452. The molecule has 0 spiro atoms. The minimum absolute atomic E-state index is 0.0103. The predicted molar refractivity (Wildman–Crippen MR) is 109 cm³/mol. The van der Waals surface area contributed by atoms with Crippen molar-refractivity contribution in [1.29, 1.82) is 0 Å². The molecule has 2 heterocycles. The first-order valence-corrected chi connectivity index (χ1v) is 10.4. The van der Waals surface area contributed by atoms with E-state index in [0.29, 0.717) is 16.9 Å². The van der Waals surface area contributed by atoms with Crippen LogP contribution in [0.2, 0.25) is 0 Å². The Morgan fingerprint density at radius 2 is 1.53 bits per heavy atom. The van der Waals surface area contributed by atoms with Crippen molar-refractivity contribution in [3.05, 3.63) is 79.0 Å². The lowest BCUT2D eigenvalue weighted by atomic mass is 10.1. The molecule has 0 radical (unpaired) electrons. The number of benzene rings is 2. The molecule has 0 aliphatic carbocycles. The summed E-state index contributed by atoms with van der Waals surface area (Å²) in [6, 6.07) is 12.0. The van der Waals surface area contributed by atoms with Gasteiger partial charge in [0.1, 0.15) is 12.7 Å². The fourth-order valence-corrected chi connectivity index (χ4v) is 3.67. The zero-order valence-corrected chi connectivity index (χ0v) is 16.8. The summed E-state index contributed by atoms with van der Waals surface area (Å²) in [5.41, 5.74) is 0.679. The third kappa shape index (κ3) is 4.83. The molecular formula is C19H14F3N7O2S. The number of nitrogens with zero attached hydrogens (tertiary/aromatic N) is 5. The lowest BCUT2D eigenvalue weighted by Gasteiger charge is -2.10. The molecule has 4 aromatic rings. The number of anilines is 2. The van der Waals surface area contributed by atoms with E-state index < -0.39 is 21.8 Å². The zero-order valence-electron chi connectivity index (χ0n) is 16.0. The molecule has 0 atom stereocenters. The molecule has 0 fully saturated rings. The van der Waals surface area contributed by atoms with Gasteiger partial charge in [-0.2, -0.15) is 21.6 Å². The van der Waals surface area contributed by atoms with Crippen LogP contribution in [0.4, 0.5) is 24.8 Å². The van der Waals surface area contributed by atoms with Crippen LogP contribution in [0.3, 0.4) is 0 Å². The maximum Gasteiger partial charge on any atom is 0.416 e. The summed E-state index contributed by atoms with van der Waals surface area (Å²) < 4.78 is 64.0. The van der Waals surface area contributed by atoms with Crippen LogP contribution >= 0.6 is 0 Å². The Balaban J connectivity index is 1.49. The number of sulfonamides is 1. The van der Waals surface area contributed by atoms with Crippen molar-refractivity contribution in [2.75, 3.05) is 10.1 Å². The SMILES string of the molecule is O=S(=O)(Nn1cnnc1)c1ccc(Nc2nccc(-c3ccc(C(F)(F)F)cc3)n2)cc1. The van der Waals surface area contributed by atoms with Gasteiger partial charge in [0.2, 0.25) is 5.95 Å². The van der Waals surface area contributed by atoms with E-state index >= 15 is 0 Å². The predicted octanol–water partition coefficient (Wildman–Crippen LogP) is 3.43. The summed E-state index contributed by atoms with van der Waals surface area (Å²) >= 11 is 0. The van der Waals surface area contributed by atoms with Gasteiger partial charge >= 0.3 is 6.18 Å². The number of hydrogen-bond donors (Lipinski definition) is 2. The van der Waals surface area contributed by atoms with Crippen molar-refractivity contribution in [2.45, 2.75) is 11.1 Å². The zero-order chi connectivity index (χ0) is 22.8. The van der Waals surface area contributed by atoms with Crippen LogP contribution < -0.4 is 10.1 Å². The second-order valence-electron chi connectivity index (χ2n) is 6.45. The molecule has 2 aromatic heterocycles. The van der Waals surface area contributed by atoms with Crippen molar-refractivity contribution in [2.24, 2.45) is 0 Å². The first-order valence-electron chi connectivity index (χ1n) is 8.96. The Morgan fingerprint density at radius 3 is 2.16 bits per heavy atom. The Hall–Kier alpha value is -4.00. The van der Waals surface area contributed by atoms with Crippen LogP contribution in [0.1, 0.15) is 5.56 Å². The Bertz CT molecular complexity index is 1310. The molecule has 13 heteroatoms. The first kappa shape index (κ1) is 21.2. The van der Waals surface area contributed by atoms with E-state index in [4.69, 9.17) is 0 Å². The second-order valence-corrected chi connectivity index (χ2v) is 8.11. The molecule has 0 aliphatic heterocycles. The maximum absolute atomic E-state index is 12.7. The maximum atomic E-state index is 12.7. The van der Waals surface area contributed by atoms with Gasteiger partial charge in [0.25, 0.3) is 10.0 Å². The van der Waals surface area contributed by atoms with Gasteiger partial charge in [-0.25, -0.2) is 19.5 Å². The minimum Gasteiger partial charge on any atom is -0.324 e. The van der Waals surface area contributed by atoms with Crippen molar-refractivity contribution >= 4 is 21.7 Å². The van der Waals surface area contributed by atoms with Crippen LogP contribution in [-0.4, -0.2) is 33.3 Å². The largest absolute Gasteiger partial charge is 0.416 e. The van der Waals surface area contributed by atoms with Crippen molar-refractivity contribution in [3.63, 3.8) is 0 Å². The van der Waals surface area contributed by atoms with Crippen molar-refractivity contribution in [1.82, 2.24) is 24.8 Å². The molecule has 0 saturated carbocycles. The molecule has 0 unspecified atom stereocenters. The molecule has 2 aromatic carbocycles. The summed E-state index contributed by atoms with van der Waals surface area (Å²) in [5.74, 6) is 0.195. The van der Waals surface area contributed by atoms with Crippen molar-refractivity contribution in [3.8, 4) is 11.3 Å². The molecule has 0 bridgehead atoms. The lowest BCUT2D eigenvalue weighted by molar-refractivity contribution is -0.137. The van der Waals surface area contributed by atoms with Crippen LogP contribution in [0.15, 0.2) is 78.3 Å². The topological polar surface area (TPSA) is 115 Å². The van der Waals surface area contributed by atoms with Crippen LogP contribution in [0.5, 0.6) is 0 Å². The lowest BCUT2D eigenvalue weighted by Crippen LogP contribution is -2.21. The highest BCUT2D eigenvalue weighted by atomic mass is 32.2. The minimum atomic E-state index is -4.41. The van der Waals surface area contributed by atoms with E-state index in [1.165, 1.54) is 55.2 Å². The fraction of sp³-hybridized carbons (Fsp3) is 0.0526. The molecule has 164 valence electrons. The van der Waals surface area contributed by atoms with Gasteiger partial charge < -0.3 is 5.32 Å². The highest BCUT2D eigenvalue weighted by Gasteiger charge is 2.30. The van der Waals surface area contributed by atoms with Gasteiger partial charge in [0, 0.05) is 17.4 Å². The average molecular weight is 461 g/mol. The van der Waals surface area contributed by atoms with E-state index in [0.717, 1.165) is 16.8 Å². The molecule has 4 rings (SSSR count). The Kier molecular flexibility index (Phi) is 5.48. The van der Waals surface area contributed by atoms with E-state index in [1.54, 1.807) is 6.07 Å². The molecular weight excluding hydrogens is 447 g/mol. The molecule has 0 saturated heterocycles. The molecule has 2 N–H and O–H groups in total. The Labute approximate surface area is 180 Å². The molecule has 9 nitrogen and oxygen atoms in total. The third-order valence-electron chi connectivity index (χ3n) is 4.23. The van der Waals surface area contributed by atoms with Gasteiger partial charge in [0.05, 0.1) is 16.2 Å². The number of alkyl halides is 3. The van der Waals surface area contributed by atoms with Gasteiger partial charge in [-0.05, 0) is 42.5 Å². The number of halogens is 3. The van der Waals surface area contributed by atoms with E-state index in [1.807, 2.05) is 0 Å². The van der Waals surface area contributed by atoms with Crippen LogP contribution in [-0.2, 0) is 16.2 Å². The summed E-state index contributed by atoms with van der Waals surface area (Å²) in [5, 5.41) is 9.97. The smallest absolute Gasteiger partial charge is 0.324 e.